The Balaban J connectivity index is 1.81. The van der Waals surface area contributed by atoms with Crippen molar-refractivity contribution in [3.05, 3.63) is 56.5 Å². The van der Waals surface area contributed by atoms with Gasteiger partial charge in [0.2, 0.25) is 20.0 Å². The van der Waals surface area contributed by atoms with Crippen molar-refractivity contribution in [2.24, 2.45) is 10.8 Å². The van der Waals surface area contributed by atoms with Crippen LogP contribution in [0.3, 0.4) is 0 Å². The first kappa shape index (κ1) is 28.0. The van der Waals surface area contributed by atoms with Gasteiger partial charge in [-0.3, -0.25) is 0 Å². The fourth-order valence-corrected chi connectivity index (χ4v) is 8.81. The smallest absolute Gasteiger partial charge is 0.211 e. The van der Waals surface area contributed by atoms with Crippen molar-refractivity contribution in [1.29, 1.82) is 0 Å². The molecule has 1 fully saturated rings. The topological polar surface area (TPSA) is 92.3 Å². The lowest BCUT2D eigenvalue weighted by molar-refractivity contribution is 0.0821. The number of rotatable bonds is 7. The minimum Gasteiger partial charge on any atom is -0.211 e. The standard InChI is InChI=1S/C22H26Cl4N2O4S2/c1-21(2)10-16(28-34(31,32)20-9-15(24)5-7-18(20)26)11-22(3,12-21)13-27-33(29,30)19-8-14(23)4-6-17(19)25/h4-9,16,27-28H,10-13H2,1-3H3. The summed E-state index contributed by atoms with van der Waals surface area (Å²) in [6.45, 7) is 6.09. The van der Waals surface area contributed by atoms with Crippen LogP contribution in [-0.2, 0) is 20.0 Å². The van der Waals surface area contributed by atoms with Gasteiger partial charge in [0.25, 0.3) is 0 Å². The molecule has 2 atom stereocenters. The Morgan fingerprint density at radius 3 is 1.85 bits per heavy atom. The normalized spacial score (nSPS) is 23.1. The molecule has 0 spiro atoms. The highest BCUT2D eigenvalue weighted by molar-refractivity contribution is 7.90. The summed E-state index contributed by atoms with van der Waals surface area (Å²) in [5, 5.41) is 0.646. The molecule has 0 amide bonds. The number of sulfonamides is 2. The van der Waals surface area contributed by atoms with Crippen molar-refractivity contribution in [2.45, 2.75) is 55.9 Å². The lowest BCUT2D eigenvalue weighted by atomic mass is 9.63. The largest absolute Gasteiger partial charge is 0.242 e. The van der Waals surface area contributed by atoms with Gasteiger partial charge in [-0.2, -0.15) is 0 Å². The molecule has 0 aromatic heterocycles. The predicted octanol–water partition coefficient (Wildman–Crippen LogP) is 6.14. The average Bonchev–Trinajstić information content (AvgIpc) is 2.68. The van der Waals surface area contributed by atoms with Crippen molar-refractivity contribution < 1.29 is 16.8 Å². The summed E-state index contributed by atoms with van der Waals surface area (Å²) in [4.78, 5) is -0.198. The summed E-state index contributed by atoms with van der Waals surface area (Å²) in [5.41, 5.74) is -0.789. The molecule has 188 valence electrons. The summed E-state index contributed by atoms with van der Waals surface area (Å²) in [7, 11) is -7.88. The maximum Gasteiger partial charge on any atom is 0.242 e. The van der Waals surface area contributed by atoms with Gasteiger partial charge in [0.05, 0.1) is 10.0 Å². The van der Waals surface area contributed by atoms with Gasteiger partial charge in [0, 0.05) is 22.6 Å². The molecular weight excluding hydrogens is 562 g/mol. The lowest BCUT2D eigenvalue weighted by Crippen LogP contribution is -2.50. The maximum atomic E-state index is 13.1. The van der Waals surface area contributed by atoms with E-state index in [0.29, 0.717) is 19.3 Å². The number of benzene rings is 2. The first-order valence-electron chi connectivity index (χ1n) is 10.4. The van der Waals surface area contributed by atoms with E-state index in [1.54, 1.807) is 0 Å². The van der Waals surface area contributed by atoms with Gasteiger partial charge in [-0.15, -0.1) is 0 Å². The van der Waals surface area contributed by atoms with E-state index in [0.717, 1.165) is 0 Å². The van der Waals surface area contributed by atoms with Gasteiger partial charge >= 0.3 is 0 Å². The van der Waals surface area contributed by atoms with Crippen molar-refractivity contribution in [3.8, 4) is 0 Å². The zero-order chi connectivity index (χ0) is 25.5. The minimum atomic E-state index is -3.95. The minimum absolute atomic E-state index is 0.0649. The number of halogens is 4. The summed E-state index contributed by atoms with van der Waals surface area (Å²) < 4.78 is 57.4. The molecule has 2 N–H and O–H groups in total. The second kappa shape index (κ2) is 10.1. The van der Waals surface area contributed by atoms with Gasteiger partial charge in [-0.25, -0.2) is 26.3 Å². The van der Waals surface area contributed by atoms with Crippen molar-refractivity contribution in [3.63, 3.8) is 0 Å². The Morgan fingerprint density at radius 1 is 0.824 bits per heavy atom. The predicted molar refractivity (Wildman–Crippen MR) is 138 cm³/mol. The van der Waals surface area contributed by atoms with Crippen molar-refractivity contribution in [2.75, 3.05) is 6.54 Å². The second-order valence-electron chi connectivity index (χ2n) is 9.85. The van der Waals surface area contributed by atoms with E-state index >= 15 is 0 Å². The molecular formula is C22H26Cl4N2O4S2. The molecule has 1 aliphatic rings. The highest BCUT2D eigenvalue weighted by atomic mass is 35.5. The Bertz CT molecular complexity index is 1300. The second-order valence-corrected chi connectivity index (χ2v) is 15.0. The Hall–Kier alpha value is -0.580. The van der Waals surface area contributed by atoms with Crippen LogP contribution in [0.25, 0.3) is 0 Å². The first-order valence-corrected chi connectivity index (χ1v) is 14.9. The van der Waals surface area contributed by atoms with Gasteiger partial charge in [-0.1, -0.05) is 67.2 Å². The number of hydrogen-bond donors (Lipinski definition) is 2. The molecule has 0 heterocycles. The summed E-state index contributed by atoms with van der Waals surface area (Å²) in [6, 6.07) is 8.05. The molecule has 1 aliphatic carbocycles. The lowest BCUT2D eigenvalue weighted by Gasteiger charge is -2.46. The monoisotopic (exact) mass is 586 g/mol. The van der Waals surface area contributed by atoms with Crippen LogP contribution in [0.1, 0.15) is 40.0 Å². The Kier molecular flexibility index (Phi) is 8.28. The van der Waals surface area contributed by atoms with E-state index in [-0.39, 0.29) is 41.8 Å². The summed E-state index contributed by atoms with van der Waals surface area (Å²) >= 11 is 24.1. The zero-order valence-corrected chi connectivity index (χ0v) is 23.5. The molecule has 3 rings (SSSR count). The molecule has 1 saturated carbocycles. The quantitative estimate of drug-likeness (QED) is 0.407. The third kappa shape index (κ3) is 6.79. The van der Waals surface area contributed by atoms with E-state index < -0.39 is 31.5 Å². The SMILES string of the molecule is CC1(C)CC(NS(=O)(=O)c2cc(Cl)ccc2Cl)CC(C)(CNS(=O)(=O)c2cc(Cl)ccc2Cl)C1. The van der Waals surface area contributed by atoms with E-state index in [4.69, 9.17) is 46.4 Å². The molecule has 2 unspecified atom stereocenters. The van der Waals surface area contributed by atoms with Crippen LogP contribution in [0.2, 0.25) is 20.1 Å². The van der Waals surface area contributed by atoms with Gasteiger partial charge in [-0.05, 0) is 66.5 Å². The highest BCUT2D eigenvalue weighted by Gasteiger charge is 2.43. The molecule has 12 heteroatoms. The molecule has 2 aromatic carbocycles. The number of hydrogen-bond acceptors (Lipinski definition) is 4. The van der Waals surface area contributed by atoms with Gasteiger partial charge in [0.1, 0.15) is 9.79 Å². The molecule has 34 heavy (non-hydrogen) atoms. The Labute approximate surface area is 221 Å². The third-order valence-corrected chi connectivity index (χ3v) is 10.2. The molecule has 0 aliphatic heterocycles. The van der Waals surface area contributed by atoms with E-state index in [1.807, 2.05) is 20.8 Å². The average molecular weight is 588 g/mol. The fraction of sp³-hybridized carbons (Fsp3) is 0.455. The summed E-state index contributed by atoms with van der Waals surface area (Å²) in [6.07, 6.45) is 1.68. The first-order chi connectivity index (χ1) is 15.5. The molecule has 0 saturated heterocycles. The third-order valence-electron chi connectivity index (χ3n) is 5.82. The fourth-order valence-electron chi connectivity index (χ4n) is 4.85. The zero-order valence-electron chi connectivity index (χ0n) is 18.8. The van der Waals surface area contributed by atoms with Crippen LogP contribution in [0, 0.1) is 10.8 Å². The molecule has 6 nitrogen and oxygen atoms in total. The molecule has 0 radical (unpaired) electrons. The Morgan fingerprint density at radius 2 is 1.32 bits per heavy atom. The van der Waals surface area contributed by atoms with Crippen LogP contribution in [0.15, 0.2) is 46.2 Å². The van der Waals surface area contributed by atoms with Crippen molar-refractivity contribution in [1.82, 2.24) is 9.44 Å². The summed E-state index contributed by atoms with van der Waals surface area (Å²) in [5.74, 6) is 0. The van der Waals surface area contributed by atoms with Crippen LogP contribution < -0.4 is 9.44 Å². The maximum absolute atomic E-state index is 13.1. The molecule has 0 bridgehead atoms. The van der Waals surface area contributed by atoms with Gasteiger partial charge < -0.3 is 0 Å². The van der Waals surface area contributed by atoms with Crippen molar-refractivity contribution >= 4 is 66.5 Å². The van der Waals surface area contributed by atoms with Crippen LogP contribution in [0.4, 0.5) is 0 Å². The molecule has 2 aromatic rings. The van der Waals surface area contributed by atoms with E-state index in [1.165, 1.54) is 36.4 Å². The van der Waals surface area contributed by atoms with Crippen LogP contribution >= 0.6 is 46.4 Å². The van der Waals surface area contributed by atoms with Gasteiger partial charge in [0.15, 0.2) is 0 Å². The van der Waals surface area contributed by atoms with Crippen LogP contribution in [-0.4, -0.2) is 29.4 Å². The van der Waals surface area contributed by atoms with E-state index in [2.05, 4.69) is 9.44 Å². The number of nitrogens with one attached hydrogen (secondary N) is 2. The van der Waals surface area contributed by atoms with E-state index in [9.17, 15) is 16.8 Å². The highest BCUT2D eigenvalue weighted by Crippen LogP contribution is 2.46. The van der Waals surface area contributed by atoms with Crippen LogP contribution in [0.5, 0.6) is 0 Å².